The molecule has 1 aromatic rings. The lowest BCUT2D eigenvalue weighted by molar-refractivity contribution is -0.121. The molecule has 1 aliphatic rings. The molecule has 2 N–H and O–H groups in total. The Morgan fingerprint density at radius 1 is 1.38 bits per heavy atom. The number of carbonyl (C=O) groups is 2. The lowest BCUT2D eigenvalue weighted by atomic mass is 10.0. The average molecular weight is 311 g/mol. The van der Waals surface area contributed by atoms with Crippen LogP contribution in [-0.2, 0) is 4.79 Å². The van der Waals surface area contributed by atoms with Gasteiger partial charge in [0.05, 0.1) is 13.2 Å². The van der Waals surface area contributed by atoms with E-state index >= 15 is 0 Å². The number of nitrogens with one attached hydrogen (secondary N) is 1. The van der Waals surface area contributed by atoms with Crippen molar-refractivity contribution in [2.45, 2.75) is 19.4 Å². The molecule has 0 aliphatic carbocycles. The molecule has 1 saturated heterocycles. The van der Waals surface area contributed by atoms with Crippen molar-refractivity contribution in [2.24, 2.45) is 5.92 Å². The summed E-state index contributed by atoms with van der Waals surface area (Å²) in [6, 6.07) is 6.33. The van der Waals surface area contributed by atoms with Crippen LogP contribution in [0.1, 0.15) is 23.7 Å². The van der Waals surface area contributed by atoms with Gasteiger partial charge in [0.2, 0.25) is 5.91 Å². The third-order valence-electron chi connectivity index (χ3n) is 3.89. The summed E-state index contributed by atoms with van der Waals surface area (Å²) in [6.07, 6.45) is 0.948. The van der Waals surface area contributed by atoms with Gasteiger partial charge in [0.15, 0.2) is 0 Å². The number of nitrogens with zero attached hydrogens (tertiary/aromatic N) is 1. The highest BCUT2D eigenvalue weighted by Gasteiger charge is 2.31. The Hall–Kier alpha value is -1.43. The van der Waals surface area contributed by atoms with Gasteiger partial charge < -0.3 is 5.11 Å². The maximum Gasteiger partial charge on any atom is 0.257 e. The zero-order valence-electron chi connectivity index (χ0n) is 11.9. The summed E-state index contributed by atoms with van der Waals surface area (Å²) in [4.78, 5) is 25.8. The van der Waals surface area contributed by atoms with Crippen LogP contribution < -0.4 is 5.32 Å². The minimum atomic E-state index is -0.440. The first kappa shape index (κ1) is 15.9. The van der Waals surface area contributed by atoms with Crippen LogP contribution in [0, 0.1) is 5.92 Å². The molecule has 2 unspecified atom stereocenters. The first-order valence-corrected chi connectivity index (χ1v) is 7.33. The van der Waals surface area contributed by atoms with Crippen molar-refractivity contribution < 1.29 is 14.7 Å². The van der Waals surface area contributed by atoms with E-state index in [4.69, 9.17) is 11.6 Å². The van der Waals surface area contributed by atoms with Crippen LogP contribution in [0.15, 0.2) is 24.3 Å². The third-order valence-corrected chi connectivity index (χ3v) is 4.14. The minimum Gasteiger partial charge on any atom is -0.395 e. The Morgan fingerprint density at radius 3 is 2.67 bits per heavy atom. The zero-order chi connectivity index (χ0) is 15.4. The highest BCUT2D eigenvalue weighted by Crippen LogP contribution is 2.22. The molecule has 2 amide bonds. The van der Waals surface area contributed by atoms with Crippen molar-refractivity contribution in [1.29, 1.82) is 0 Å². The number of amides is 2. The molecule has 114 valence electrons. The standard InChI is InChI=1S/C15H19ClN2O3/c1-10-6-7-18(13(10)9-19)8-14(20)17-15(21)11-2-4-12(16)5-3-11/h2-5,10,13,19H,6-9H2,1H3,(H,17,20,21). The SMILES string of the molecule is CC1CCN(CC(=O)NC(=O)c2ccc(Cl)cc2)C1CO. The van der Waals surface area contributed by atoms with Gasteiger partial charge >= 0.3 is 0 Å². The fraction of sp³-hybridized carbons (Fsp3) is 0.467. The molecule has 1 heterocycles. The third kappa shape index (κ3) is 4.03. The Bertz CT molecular complexity index is 518. The van der Waals surface area contributed by atoms with E-state index in [1.165, 1.54) is 0 Å². The largest absolute Gasteiger partial charge is 0.395 e. The summed E-state index contributed by atoms with van der Waals surface area (Å²) >= 11 is 5.75. The molecule has 5 nitrogen and oxygen atoms in total. The molecule has 0 saturated carbocycles. The summed E-state index contributed by atoms with van der Waals surface area (Å²) < 4.78 is 0. The van der Waals surface area contributed by atoms with E-state index in [2.05, 4.69) is 12.2 Å². The summed E-state index contributed by atoms with van der Waals surface area (Å²) in [5.74, 6) is -0.443. The Labute approximate surface area is 128 Å². The fourth-order valence-corrected chi connectivity index (χ4v) is 2.73. The molecule has 1 aromatic carbocycles. The molecule has 2 atom stereocenters. The van der Waals surface area contributed by atoms with Crippen molar-refractivity contribution in [3.05, 3.63) is 34.9 Å². The molecular formula is C15H19ClN2O3. The van der Waals surface area contributed by atoms with E-state index in [0.29, 0.717) is 16.5 Å². The smallest absolute Gasteiger partial charge is 0.257 e. The number of carbonyl (C=O) groups excluding carboxylic acids is 2. The molecule has 1 aliphatic heterocycles. The van der Waals surface area contributed by atoms with Gasteiger partial charge in [-0.05, 0) is 43.1 Å². The maximum absolute atomic E-state index is 11.9. The number of aliphatic hydroxyl groups is 1. The highest BCUT2D eigenvalue weighted by atomic mass is 35.5. The van der Waals surface area contributed by atoms with E-state index in [9.17, 15) is 14.7 Å². The van der Waals surface area contributed by atoms with Crippen LogP contribution >= 0.6 is 11.6 Å². The average Bonchev–Trinajstić information content (AvgIpc) is 2.79. The molecular weight excluding hydrogens is 292 g/mol. The second-order valence-electron chi connectivity index (χ2n) is 5.37. The van der Waals surface area contributed by atoms with E-state index in [0.717, 1.165) is 13.0 Å². The van der Waals surface area contributed by atoms with Crippen LogP contribution in [0.4, 0.5) is 0 Å². The quantitative estimate of drug-likeness (QED) is 0.879. The number of rotatable bonds is 4. The predicted octanol–water partition coefficient (Wildman–Crippen LogP) is 1.30. The summed E-state index contributed by atoms with van der Waals surface area (Å²) in [5, 5.41) is 12.2. The summed E-state index contributed by atoms with van der Waals surface area (Å²) in [5.41, 5.74) is 0.390. The fourth-order valence-electron chi connectivity index (χ4n) is 2.60. The highest BCUT2D eigenvalue weighted by molar-refractivity contribution is 6.30. The van der Waals surface area contributed by atoms with Gasteiger partial charge in [-0.15, -0.1) is 0 Å². The number of imide groups is 1. The molecule has 0 aromatic heterocycles. The summed E-state index contributed by atoms with van der Waals surface area (Å²) in [7, 11) is 0. The van der Waals surface area contributed by atoms with E-state index in [-0.39, 0.29) is 25.1 Å². The Balaban J connectivity index is 1.90. The molecule has 21 heavy (non-hydrogen) atoms. The van der Waals surface area contributed by atoms with Gasteiger partial charge in [0.25, 0.3) is 5.91 Å². The van der Waals surface area contributed by atoms with Crippen LogP contribution in [0.5, 0.6) is 0 Å². The van der Waals surface area contributed by atoms with Crippen molar-refractivity contribution in [1.82, 2.24) is 10.2 Å². The number of halogens is 1. The molecule has 0 spiro atoms. The van der Waals surface area contributed by atoms with E-state index in [1.807, 2.05) is 4.90 Å². The lowest BCUT2D eigenvalue weighted by Gasteiger charge is -2.24. The monoisotopic (exact) mass is 310 g/mol. The predicted molar refractivity (Wildman–Crippen MR) is 80.2 cm³/mol. The van der Waals surface area contributed by atoms with Crippen molar-refractivity contribution in [3.63, 3.8) is 0 Å². The van der Waals surface area contributed by atoms with Gasteiger partial charge in [0, 0.05) is 16.6 Å². The minimum absolute atomic E-state index is 0.0126. The number of hydrogen-bond acceptors (Lipinski definition) is 4. The normalized spacial score (nSPS) is 22.2. The van der Waals surface area contributed by atoms with Gasteiger partial charge in [-0.25, -0.2) is 0 Å². The van der Waals surface area contributed by atoms with Crippen LogP contribution in [0.3, 0.4) is 0 Å². The van der Waals surface area contributed by atoms with Crippen molar-refractivity contribution in [3.8, 4) is 0 Å². The lowest BCUT2D eigenvalue weighted by Crippen LogP contribution is -2.44. The zero-order valence-corrected chi connectivity index (χ0v) is 12.6. The molecule has 0 bridgehead atoms. The van der Waals surface area contributed by atoms with Gasteiger partial charge in [-0.1, -0.05) is 18.5 Å². The van der Waals surface area contributed by atoms with Gasteiger partial charge in [-0.3, -0.25) is 19.8 Å². The number of likely N-dealkylation sites (tertiary alicyclic amines) is 1. The molecule has 1 fully saturated rings. The van der Waals surface area contributed by atoms with Crippen molar-refractivity contribution in [2.75, 3.05) is 19.7 Å². The van der Waals surface area contributed by atoms with E-state index < -0.39 is 5.91 Å². The van der Waals surface area contributed by atoms with Crippen molar-refractivity contribution >= 4 is 23.4 Å². The molecule has 6 heteroatoms. The number of aliphatic hydroxyl groups excluding tert-OH is 1. The van der Waals surface area contributed by atoms with Gasteiger partial charge in [0.1, 0.15) is 0 Å². The first-order valence-electron chi connectivity index (χ1n) is 6.96. The Morgan fingerprint density at radius 2 is 2.05 bits per heavy atom. The van der Waals surface area contributed by atoms with Crippen LogP contribution in [-0.4, -0.2) is 47.6 Å². The van der Waals surface area contributed by atoms with Gasteiger partial charge in [-0.2, -0.15) is 0 Å². The van der Waals surface area contributed by atoms with E-state index in [1.54, 1.807) is 24.3 Å². The molecule has 0 radical (unpaired) electrons. The van der Waals surface area contributed by atoms with Crippen LogP contribution in [0.2, 0.25) is 5.02 Å². The maximum atomic E-state index is 11.9. The topological polar surface area (TPSA) is 69.6 Å². The van der Waals surface area contributed by atoms with Crippen LogP contribution in [0.25, 0.3) is 0 Å². The second-order valence-corrected chi connectivity index (χ2v) is 5.81. The first-order chi connectivity index (χ1) is 10.0. The molecule has 2 rings (SSSR count). The number of benzene rings is 1. The number of hydrogen-bond donors (Lipinski definition) is 2. The Kier molecular flexibility index (Phi) is 5.33. The summed E-state index contributed by atoms with van der Waals surface area (Å²) in [6.45, 7) is 2.96. The second kappa shape index (κ2) is 7.02.